The second kappa shape index (κ2) is 6.55. The molecule has 2 N–H and O–H groups in total. The zero-order valence-corrected chi connectivity index (χ0v) is 12.4. The Labute approximate surface area is 127 Å². The summed E-state index contributed by atoms with van der Waals surface area (Å²) in [5.74, 6) is 0. The molecule has 1 aromatic carbocycles. The number of carbonyl (C=O) groups excluding carboxylic acids is 1. The van der Waals surface area contributed by atoms with E-state index in [9.17, 15) is 13.2 Å². The number of benzene rings is 1. The molecule has 0 aliphatic rings. The molecule has 0 bridgehead atoms. The summed E-state index contributed by atoms with van der Waals surface area (Å²) >= 11 is 5.69. The highest BCUT2D eigenvalue weighted by Crippen LogP contribution is 2.13. The fourth-order valence-electron chi connectivity index (χ4n) is 1.51. The van der Waals surface area contributed by atoms with Gasteiger partial charge in [0.2, 0.25) is 0 Å². The second-order valence-electron chi connectivity index (χ2n) is 4.10. The van der Waals surface area contributed by atoms with Crippen molar-refractivity contribution in [2.45, 2.75) is 11.4 Å². The molecule has 2 rings (SSSR count). The van der Waals surface area contributed by atoms with Crippen LogP contribution in [0.3, 0.4) is 0 Å². The van der Waals surface area contributed by atoms with E-state index < -0.39 is 16.1 Å². The molecule has 1 aromatic heterocycles. The van der Waals surface area contributed by atoms with Crippen molar-refractivity contribution < 1.29 is 13.2 Å². The van der Waals surface area contributed by atoms with Gasteiger partial charge in [-0.15, -0.1) is 0 Å². The van der Waals surface area contributed by atoms with Crippen LogP contribution >= 0.6 is 11.6 Å². The lowest BCUT2D eigenvalue weighted by Crippen LogP contribution is -2.39. The van der Waals surface area contributed by atoms with Crippen molar-refractivity contribution in [3.05, 3.63) is 59.4 Å². The Morgan fingerprint density at radius 2 is 1.71 bits per heavy atom. The summed E-state index contributed by atoms with van der Waals surface area (Å²) in [4.78, 5) is 15.4. The summed E-state index contributed by atoms with van der Waals surface area (Å²) < 4.78 is 25.8. The van der Waals surface area contributed by atoms with Crippen molar-refractivity contribution in [3.8, 4) is 0 Å². The molecular weight excluding hydrogens is 314 g/mol. The number of sulfonamides is 1. The first-order valence-electron chi connectivity index (χ1n) is 5.92. The smallest absolute Gasteiger partial charge is 0.328 e. The summed E-state index contributed by atoms with van der Waals surface area (Å²) in [6, 6.07) is 8.14. The van der Waals surface area contributed by atoms with Crippen LogP contribution < -0.4 is 10.0 Å². The molecule has 6 nitrogen and oxygen atoms in total. The standard InChI is InChI=1S/C13H12ClN3O3S/c14-11-1-3-12(4-2-11)21(19,20)17-13(18)16-9-10-5-7-15-8-6-10/h1-8H,9H2,(H2,16,17,18). The van der Waals surface area contributed by atoms with Crippen molar-refractivity contribution >= 4 is 27.7 Å². The van der Waals surface area contributed by atoms with E-state index >= 15 is 0 Å². The fourth-order valence-corrected chi connectivity index (χ4v) is 2.57. The van der Waals surface area contributed by atoms with Gasteiger partial charge >= 0.3 is 6.03 Å². The van der Waals surface area contributed by atoms with E-state index in [0.29, 0.717) is 5.02 Å². The van der Waals surface area contributed by atoms with Crippen LogP contribution in [0.5, 0.6) is 0 Å². The SMILES string of the molecule is O=C(NCc1ccncc1)NS(=O)(=O)c1ccc(Cl)cc1. The van der Waals surface area contributed by atoms with Crippen LogP contribution in [0.1, 0.15) is 5.56 Å². The first-order valence-corrected chi connectivity index (χ1v) is 7.78. The molecule has 0 aliphatic carbocycles. The van der Waals surface area contributed by atoms with E-state index in [1.54, 1.807) is 24.5 Å². The van der Waals surface area contributed by atoms with Gasteiger partial charge in [-0.1, -0.05) is 11.6 Å². The Morgan fingerprint density at radius 1 is 1.10 bits per heavy atom. The third kappa shape index (κ3) is 4.44. The maximum atomic E-state index is 11.9. The molecule has 21 heavy (non-hydrogen) atoms. The highest BCUT2D eigenvalue weighted by atomic mass is 35.5. The Hall–Kier alpha value is -2.12. The van der Waals surface area contributed by atoms with Crippen molar-refractivity contribution in [3.63, 3.8) is 0 Å². The number of rotatable bonds is 4. The number of halogens is 1. The Morgan fingerprint density at radius 3 is 2.33 bits per heavy atom. The molecule has 0 saturated heterocycles. The van der Waals surface area contributed by atoms with E-state index in [2.05, 4.69) is 10.3 Å². The van der Waals surface area contributed by atoms with Gasteiger partial charge in [-0.2, -0.15) is 0 Å². The van der Waals surface area contributed by atoms with E-state index in [4.69, 9.17) is 11.6 Å². The molecule has 0 atom stereocenters. The van der Waals surface area contributed by atoms with E-state index in [-0.39, 0.29) is 11.4 Å². The Bertz CT molecular complexity index is 718. The van der Waals surface area contributed by atoms with Crippen LogP contribution in [-0.2, 0) is 16.6 Å². The molecule has 0 aliphatic heterocycles. The van der Waals surface area contributed by atoms with Crippen LogP contribution in [0.4, 0.5) is 4.79 Å². The minimum Gasteiger partial charge on any atom is -0.333 e. The summed E-state index contributed by atoms with van der Waals surface area (Å²) in [7, 11) is -3.91. The molecule has 0 spiro atoms. The summed E-state index contributed by atoms with van der Waals surface area (Å²) in [6.45, 7) is 0.199. The van der Waals surface area contributed by atoms with Crippen LogP contribution in [0, 0.1) is 0 Å². The van der Waals surface area contributed by atoms with Gasteiger partial charge in [0.05, 0.1) is 4.90 Å². The molecule has 110 valence electrons. The molecule has 1 heterocycles. The summed E-state index contributed by atoms with van der Waals surface area (Å²) in [6.07, 6.45) is 3.17. The van der Waals surface area contributed by atoms with Gasteiger partial charge in [0, 0.05) is 24.0 Å². The third-order valence-corrected chi connectivity index (χ3v) is 4.15. The highest BCUT2D eigenvalue weighted by molar-refractivity contribution is 7.90. The van der Waals surface area contributed by atoms with Gasteiger partial charge in [-0.05, 0) is 42.0 Å². The van der Waals surface area contributed by atoms with Crippen LogP contribution in [0.2, 0.25) is 5.02 Å². The first kappa shape index (κ1) is 15.3. The van der Waals surface area contributed by atoms with Crippen LogP contribution in [0.25, 0.3) is 0 Å². The zero-order valence-electron chi connectivity index (χ0n) is 10.8. The average Bonchev–Trinajstić information content (AvgIpc) is 2.46. The number of aromatic nitrogens is 1. The largest absolute Gasteiger partial charge is 0.333 e. The van der Waals surface area contributed by atoms with Crippen LogP contribution in [0.15, 0.2) is 53.7 Å². The molecule has 0 radical (unpaired) electrons. The predicted molar refractivity (Wildman–Crippen MR) is 78.2 cm³/mol. The molecular formula is C13H12ClN3O3S. The predicted octanol–water partition coefficient (Wildman–Crippen LogP) is 1.92. The normalized spacial score (nSPS) is 10.9. The van der Waals surface area contributed by atoms with Crippen molar-refractivity contribution in [2.24, 2.45) is 0 Å². The number of hydrogen-bond donors (Lipinski definition) is 2. The monoisotopic (exact) mass is 325 g/mol. The number of pyridine rings is 1. The number of carbonyl (C=O) groups is 1. The Kier molecular flexibility index (Phi) is 4.77. The molecule has 8 heteroatoms. The quantitative estimate of drug-likeness (QED) is 0.899. The highest BCUT2D eigenvalue weighted by Gasteiger charge is 2.17. The lowest BCUT2D eigenvalue weighted by Gasteiger charge is -2.08. The molecule has 0 fully saturated rings. The third-order valence-electron chi connectivity index (χ3n) is 2.55. The molecule has 0 saturated carbocycles. The van der Waals surface area contributed by atoms with Gasteiger partial charge in [-0.3, -0.25) is 4.98 Å². The lowest BCUT2D eigenvalue weighted by atomic mass is 10.3. The first-order chi connectivity index (χ1) is 9.97. The maximum Gasteiger partial charge on any atom is 0.328 e. The van der Waals surface area contributed by atoms with Gasteiger partial charge in [0.1, 0.15) is 0 Å². The molecule has 2 amide bonds. The number of hydrogen-bond acceptors (Lipinski definition) is 4. The number of amides is 2. The fraction of sp³-hybridized carbons (Fsp3) is 0.0769. The van der Waals surface area contributed by atoms with Gasteiger partial charge < -0.3 is 5.32 Å². The second-order valence-corrected chi connectivity index (χ2v) is 6.22. The lowest BCUT2D eigenvalue weighted by molar-refractivity contribution is 0.245. The number of nitrogens with one attached hydrogen (secondary N) is 2. The number of nitrogens with zero attached hydrogens (tertiary/aromatic N) is 1. The maximum absolute atomic E-state index is 11.9. The van der Waals surface area contributed by atoms with Gasteiger partial charge in [-0.25, -0.2) is 17.9 Å². The molecule has 2 aromatic rings. The van der Waals surface area contributed by atoms with Crippen molar-refractivity contribution in [1.29, 1.82) is 0 Å². The van der Waals surface area contributed by atoms with Gasteiger partial charge in [0.25, 0.3) is 10.0 Å². The Balaban J connectivity index is 1.97. The summed E-state index contributed by atoms with van der Waals surface area (Å²) in [5, 5.41) is 2.87. The topological polar surface area (TPSA) is 88.2 Å². The van der Waals surface area contributed by atoms with Crippen LogP contribution in [-0.4, -0.2) is 19.4 Å². The summed E-state index contributed by atoms with van der Waals surface area (Å²) in [5.41, 5.74) is 0.809. The minimum absolute atomic E-state index is 0.0361. The van der Waals surface area contributed by atoms with E-state index in [0.717, 1.165) is 5.56 Å². The van der Waals surface area contributed by atoms with Gasteiger partial charge in [0.15, 0.2) is 0 Å². The van der Waals surface area contributed by atoms with Crippen molar-refractivity contribution in [1.82, 2.24) is 15.0 Å². The zero-order chi connectivity index (χ0) is 15.3. The minimum atomic E-state index is -3.91. The van der Waals surface area contributed by atoms with E-state index in [1.807, 2.05) is 4.72 Å². The van der Waals surface area contributed by atoms with E-state index in [1.165, 1.54) is 24.3 Å². The number of urea groups is 1. The molecule has 0 unspecified atom stereocenters. The average molecular weight is 326 g/mol. The van der Waals surface area contributed by atoms with Crippen molar-refractivity contribution in [2.75, 3.05) is 0 Å².